The summed E-state index contributed by atoms with van der Waals surface area (Å²) < 4.78 is 14.9. The monoisotopic (exact) mass is 358 g/mol. The molecule has 0 aliphatic heterocycles. The van der Waals surface area contributed by atoms with Gasteiger partial charge in [-0.1, -0.05) is 35.9 Å². The van der Waals surface area contributed by atoms with Crippen LogP contribution in [0.15, 0.2) is 54.9 Å². The number of halogens is 2. The summed E-state index contributed by atoms with van der Waals surface area (Å²) >= 11 is 5.69. The van der Waals surface area contributed by atoms with E-state index in [2.05, 4.69) is 15.7 Å². The van der Waals surface area contributed by atoms with Crippen molar-refractivity contribution in [2.24, 2.45) is 0 Å². The fourth-order valence-corrected chi connectivity index (χ4v) is 2.52. The molecule has 128 valence electrons. The first-order chi connectivity index (χ1) is 12.0. The normalized spacial score (nSPS) is 10.5. The Hall–Kier alpha value is -2.86. The molecule has 0 saturated carbocycles. The average molecular weight is 359 g/mol. The molecule has 0 aliphatic rings. The number of anilines is 2. The van der Waals surface area contributed by atoms with Gasteiger partial charge >= 0.3 is 6.03 Å². The molecule has 1 aromatic heterocycles. The molecule has 5 nitrogen and oxygen atoms in total. The van der Waals surface area contributed by atoms with Crippen molar-refractivity contribution in [1.29, 1.82) is 0 Å². The minimum atomic E-state index is -0.537. The number of hydrogen-bond acceptors (Lipinski definition) is 2. The van der Waals surface area contributed by atoms with Gasteiger partial charge in [0.1, 0.15) is 5.82 Å². The first-order valence-electron chi connectivity index (χ1n) is 7.61. The van der Waals surface area contributed by atoms with Gasteiger partial charge in [0.2, 0.25) is 0 Å². The van der Waals surface area contributed by atoms with Crippen LogP contribution in [0.3, 0.4) is 0 Å². The third-order valence-electron chi connectivity index (χ3n) is 3.66. The molecule has 0 fully saturated rings. The standard InChI is InChI=1S/C18H16ClFN4O/c1-12-4-2-3-5-13(12)10-24-11-15(9-21-24)23-18(25)22-14-6-7-17(20)16(19)8-14/h2-9,11H,10H2,1H3,(H2,22,23,25). The first-order valence-corrected chi connectivity index (χ1v) is 7.99. The predicted molar refractivity (Wildman–Crippen MR) is 96.6 cm³/mol. The van der Waals surface area contributed by atoms with Crippen molar-refractivity contribution >= 4 is 29.0 Å². The van der Waals surface area contributed by atoms with Gasteiger partial charge in [0.15, 0.2) is 0 Å². The van der Waals surface area contributed by atoms with Crippen LogP contribution in [0.2, 0.25) is 5.02 Å². The fourth-order valence-electron chi connectivity index (χ4n) is 2.34. The van der Waals surface area contributed by atoms with Crippen LogP contribution >= 0.6 is 11.6 Å². The van der Waals surface area contributed by atoms with Crippen molar-refractivity contribution in [3.05, 3.63) is 76.8 Å². The number of rotatable bonds is 4. The van der Waals surface area contributed by atoms with E-state index < -0.39 is 11.8 Å². The molecule has 0 spiro atoms. The Morgan fingerprint density at radius 1 is 1.20 bits per heavy atom. The Morgan fingerprint density at radius 3 is 2.72 bits per heavy atom. The number of hydrogen-bond donors (Lipinski definition) is 2. The molecular formula is C18H16ClFN4O. The van der Waals surface area contributed by atoms with E-state index in [1.807, 2.05) is 31.2 Å². The highest BCUT2D eigenvalue weighted by atomic mass is 35.5. The lowest BCUT2D eigenvalue weighted by Gasteiger charge is -2.07. The molecule has 0 atom stereocenters. The Labute approximate surface area is 149 Å². The minimum Gasteiger partial charge on any atom is -0.308 e. The van der Waals surface area contributed by atoms with Crippen molar-refractivity contribution < 1.29 is 9.18 Å². The topological polar surface area (TPSA) is 59.0 Å². The highest BCUT2D eigenvalue weighted by Crippen LogP contribution is 2.19. The van der Waals surface area contributed by atoms with E-state index in [0.717, 1.165) is 5.56 Å². The summed E-state index contributed by atoms with van der Waals surface area (Å²) in [7, 11) is 0. The van der Waals surface area contributed by atoms with E-state index in [4.69, 9.17) is 11.6 Å². The number of aryl methyl sites for hydroxylation is 1. The summed E-state index contributed by atoms with van der Waals surface area (Å²) in [5.74, 6) is -0.537. The number of aromatic nitrogens is 2. The zero-order valence-corrected chi connectivity index (χ0v) is 14.2. The van der Waals surface area contributed by atoms with E-state index in [0.29, 0.717) is 17.9 Å². The summed E-state index contributed by atoms with van der Waals surface area (Å²) in [5.41, 5.74) is 3.29. The predicted octanol–water partition coefficient (Wildman–Crippen LogP) is 4.68. The van der Waals surface area contributed by atoms with Gasteiger partial charge in [0.05, 0.1) is 23.5 Å². The second-order valence-corrected chi connectivity index (χ2v) is 5.97. The van der Waals surface area contributed by atoms with Crippen LogP contribution in [0.1, 0.15) is 11.1 Å². The van der Waals surface area contributed by atoms with Gasteiger partial charge in [-0.3, -0.25) is 4.68 Å². The van der Waals surface area contributed by atoms with Crippen molar-refractivity contribution in [2.75, 3.05) is 10.6 Å². The molecule has 2 N–H and O–H groups in total. The molecule has 0 radical (unpaired) electrons. The molecule has 3 rings (SSSR count). The maximum atomic E-state index is 13.1. The zero-order chi connectivity index (χ0) is 17.8. The van der Waals surface area contributed by atoms with Crippen molar-refractivity contribution in [3.8, 4) is 0 Å². The third kappa shape index (κ3) is 4.36. The summed E-state index contributed by atoms with van der Waals surface area (Å²) in [6, 6.07) is 11.6. The third-order valence-corrected chi connectivity index (χ3v) is 3.95. The van der Waals surface area contributed by atoms with Gasteiger partial charge in [-0.2, -0.15) is 5.10 Å². The van der Waals surface area contributed by atoms with E-state index in [-0.39, 0.29) is 5.02 Å². The van der Waals surface area contributed by atoms with E-state index in [9.17, 15) is 9.18 Å². The molecule has 0 aliphatic carbocycles. The van der Waals surface area contributed by atoms with Gasteiger partial charge < -0.3 is 10.6 Å². The summed E-state index contributed by atoms with van der Waals surface area (Å²) in [6.07, 6.45) is 3.30. The number of urea groups is 1. The minimum absolute atomic E-state index is 0.0520. The highest BCUT2D eigenvalue weighted by Gasteiger charge is 2.07. The molecule has 2 amide bonds. The lowest BCUT2D eigenvalue weighted by atomic mass is 10.1. The Balaban J connectivity index is 1.61. The van der Waals surface area contributed by atoms with Gasteiger partial charge in [0.25, 0.3) is 0 Å². The van der Waals surface area contributed by atoms with Crippen LogP contribution in [0, 0.1) is 12.7 Å². The van der Waals surface area contributed by atoms with Crippen LogP contribution in [0.5, 0.6) is 0 Å². The zero-order valence-electron chi connectivity index (χ0n) is 13.5. The van der Waals surface area contributed by atoms with E-state index >= 15 is 0 Å². The van der Waals surface area contributed by atoms with Crippen molar-refractivity contribution in [2.45, 2.75) is 13.5 Å². The summed E-state index contributed by atoms with van der Waals surface area (Å²) in [6.45, 7) is 2.66. The molecule has 2 aromatic carbocycles. The molecular weight excluding hydrogens is 343 g/mol. The number of carbonyl (C=O) groups is 1. The molecule has 7 heteroatoms. The van der Waals surface area contributed by atoms with Crippen LogP contribution < -0.4 is 10.6 Å². The molecule has 3 aromatic rings. The number of benzene rings is 2. The second-order valence-electron chi connectivity index (χ2n) is 5.56. The number of amides is 2. The number of nitrogens with one attached hydrogen (secondary N) is 2. The maximum absolute atomic E-state index is 13.1. The molecule has 0 unspecified atom stereocenters. The average Bonchev–Trinajstić information content (AvgIpc) is 3.00. The maximum Gasteiger partial charge on any atom is 0.323 e. The Kier molecular flexibility index (Phi) is 5.00. The summed E-state index contributed by atoms with van der Waals surface area (Å²) in [5, 5.41) is 9.45. The molecule has 0 saturated heterocycles. The summed E-state index contributed by atoms with van der Waals surface area (Å²) in [4.78, 5) is 12.0. The SMILES string of the molecule is Cc1ccccc1Cn1cc(NC(=O)Nc2ccc(F)c(Cl)c2)cn1. The van der Waals surface area contributed by atoms with Crippen LogP contribution in [0.25, 0.3) is 0 Å². The number of nitrogens with zero attached hydrogens (tertiary/aromatic N) is 2. The van der Waals surface area contributed by atoms with Gasteiger partial charge in [-0.15, -0.1) is 0 Å². The lowest BCUT2D eigenvalue weighted by molar-refractivity contribution is 0.262. The Bertz CT molecular complexity index is 910. The smallest absolute Gasteiger partial charge is 0.308 e. The largest absolute Gasteiger partial charge is 0.323 e. The van der Waals surface area contributed by atoms with E-state index in [1.54, 1.807) is 17.1 Å². The van der Waals surface area contributed by atoms with Gasteiger partial charge in [-0.05, 0) is 36.2 Å². The molecule has 25 heavy (non-hydrogen) atoms. The highest BCUT2D eigenvalue weighted by molar-refractivity contribution is 6.31. The quantitative estimate of drug-likeness (QED) is 0.711. The second kappa shape index (κ2) is 7.36. The van der Waals surface area contributed by atoms with Crippen molar-refractivity contribution in [3.63, 3.8) is 0 Å². The van der Waals surface area contributed by atoms with Gasteiger partial charge in [0, 0.05) is 11.9 Å². The Morgan fingerprint density at radius 2 is 1.96 bits per heavy atom. The fraction of sp³-hybridized carbons (Fsp3) is 0.111. The van der Waals surface area contributed by atoms with Gasteiger partial charge in [-0.25, -0.2) is 9.18 Å². The van der Waals surface area contributed by atoms with E-state index in [1.165, 1.54) is 23.8 Å². The number of carbonyl (C=O) groups excluding carboxylic acids is 1. The van der Waals surface area contributed by atoms with Crippen LogP contribution in [0.4, 0.5) is 20.6 Å². The molecule has 1 heterocycles. The van der Waals surface area contributed by atoms with Crippen molar-refractivity contribution in [1.82, 2.24) is 9.78 Å². The lowest BCUT2D eigenvalue weighted by Crippen LogP contribution is -2.19. The van der Waals surface area contributed by atoms with Crippen LogP contribution in [-0.2, 0) is 6.54 Å². The van der Waals surface area contributed by atoms with Crippen LogP contribution in [-0.4, -0.2) is 15.8 Å². The first kappa shape index (κ1) is 17.0. The molecule has 0 bridgehead atoms.